The zero-order chi connectivity index (χ0) is 21.3. The Labute approximate surface area is 173 Å². The molecule has 1 aliphatic heterocycles. The van der Waals surface area contributed by atoms with Gasteiger partial charge in [0.1, 0.15) is 17.1 Å². The third-order valence-corrected chi connectivity index (χ3v) is 5.33. The Balaban J connectivity index is 1.97. The normalized spacial score (nSPS) is 14.3. The Morgan fingerprint density at radius 2 is 1.80 bits per heavy atom. The molecule has 1 fully saturated rings. The number of hydrogen-bond donors (Lipinski definition) is 2. The van der Waals surface area contributed by atoms with Gasteiger partial charge in [-0.25, -0.2) is 4.79 Å². The number of carbonyl (C=O) groups excluding carboxylic acids is 1. The molecule has 4 rings (SSSR count). The van der Waals surface area contributed by atoms with E-state index in [1.165, 1.54) is 24.3 Å². The van der Waals surface area contributed by atoms with Crippen molar-refractivity contribution in [1.82, 2.24) is 4.90 Å². The van der Waals surface area contributed by atoms with E-state index in [0.29, 0.717) is 17.7 Å². The quantitative estimate of drug-likeness (QED) is 0.621. The van der Waals surface area contributed by atoms with Crippen molar-refractivity contribution in [3.8, 4) is 22.8 Å². The van der Waals surface area contributed by atoms with E-state index in [1.54, 1.807) is 19.1 Å². The van der Waals surface area contributed by atoms with Crippen LogP contribution in [-0.4, -0.2) is 40.8 Å². The fourth-order valence-corrected chi connectivity index (χ4v) is 3.87. The molecule has 2 N–H and O–H groups in total. The number of nitrogens with zero attached hydrogens (tertiary/aromatic N) is 1. The van der Waals surface area contributed by atoms with Crippen LogP contribution >= 0.6 is 0 Å². The number of likely N-dealkylation sites (tertiary alicyclic amines) is 1. The van der Waals surface area contributed by atoms with Crippen LogP contribution in [0.2, 0.25) is 0 Å². The molecule has 1 aromatic heterocycles. The number of rotatable bonds is 5. The lowest BCUT2D eigenvalue weighted by Gasteiger charge is -2.18. The van der Waals surface area contributed by atoms with Gasteiger partial charge in [0.15, 0.2) is 11.3 Å². The summed E-state index contributed by atoms with van der Waals surface area (Å²) < 4.78 is 11.1. The lowest BCUT2D eigenvalue weighted by atomic mass is 10.0. The Morgan fingerprint density at radius 3 is 2.47 bits per heavy atom. The number of phenolic OH excluding ortho intramolecular Hbond substituents is 2. The molecule has 3 aromatic rings. The number of hydrogen-bond acceptors (Lipinski definition) is 7. The van der Waals surface area contributed by atoms with Crippen molar-refractivity contribution in [3.63, 3.8) is 0 Å². The largest absolute Gasteiger partial charge is 0.508 e. The molecule has 2 heterocycles. The highest BCUT2D eigenvalue weighted by molar-refractivity contribution is 6.00. The van der Waals surface area contributed by atoms with Crippen LogP contribution in [0.4, 0.5) is 0 Å². The number of phenols is 2. The predicted octanol–water partition coefficient (Wildman–Crippen LogP) is 3.64. The molecule has 0 radical (unpaired) electrons. The standard InChI is InChI=1S/C23H23NO6/c1-2-29-23(28)20-21(27)19-16(13-24-11-3-4-12-24)17(26)9-10-18(19)30-22(20)14-5-7-15(25)8-6-14/h5-10,25-26H,2-4,11-13H2,1H3. The van der Waals surface area contributed by atoms with E-state index >= 15 is 0 Å². The minimum Gasteiger partial charge on any atom is -0.508 e. The van der Waals surface area contributed by atoms with Crippen LogP contribution in [0.25, 0.3) is 22.3 Å². The van der Waals surface area contributed by atoms with Crippen LogP contribution in [0.1, 0.15) is 35.7 Å². The molecule has 0 atom stereocenters. The van der Waals surface area contributed by atoms with Crippen molar-refractivity contribution in [2.75, 3.05) is 19.7 Å². The number of fused-ring (bicyclic) bond motifs is 1. The van der Waals surface area contributed by atoms with Gasteiger partial charge < -0.3 is 19.4 Å². The Kier molecular flexibility index (Phi) is 5.46. The predicted molar refractivity (Wildman–Crippen MR) is 112 cm³/mol. The van der Waals surface area contributed by atoms with Crippen LogP contribution < -0.4 is 5.43 Å². The molecule has 30 heavy (non-hydrogen) atoms. The third kappa shape index (κ3) is 3.64. The summed E-state index contributed by atoms with van der Waals surface area (Å²) in [6.07, 6.45) is 2.14. The van der Waals surface area contributed by atoms with Crippen LogP contribution in [0.5, 0.6) is 11.5 Å². The number of aromatic hydroxyl groups is 2. The Hall–Kier alpha value is -3.32. The number of carbonyl (C=O) groups is 1. The first-order valence-corrected chi connectivity index (χ1v) is 10.00. The number of benzene rings is 2. The van der Waals surface area contributed by atoms with Gasteiger partial charge in [0.05, 0.1) is 12.0 Å². The first kappa shape index (κ1) is 20.0. The minimum atomic E-state index is -0.785. The molecule has 0 aliphatic carbocycles. The molecule has 0 bridgehead atoms. The summed E-state index contributed by atoms with van der Waals surface area (Å²) in [4.78, 5) is 28.4. The van der Waals surface area contributed by atoms with E-state index < -0.39 is 11.4 Å². The van der Waals surface area contributed by atoms with Crippen molar-refractivity contribution in [3.05, 3.63) is 57.7 Å². The van der Waals surface area contributed by atoms with Gasteiger partial charge in [-0.2, -0.15) is 0 Å². The molecule has 156 valence electrons. The molecule has 0 unspecified atom stereocenters. The van der Waals surface area contributed by atoms with Crippen LogP contribution in [0.3, 0.4) is 0 Å². The van der Waals surface area contributed by atoms with Gasteiger partial charge in [-0.3, -0.25) is 9.69 Å². The van der Waals surface area contributed by atoms with Gasteiger partial charge in [-0.15, -0.1) is 0 Å². The molecule has 7 nitrogen and oxygen atoms in total. The lowest BCUT2D eigenvalue weighted by Crippen LogP contribution is -2.23. The van der Waals surface area contributed by atoms with E-state index in [1.807, 2.05) is 0 Å². The molecule has 0 saturated carbocycles. The van der Waals surface area contributed by atoms with Crippen LogP contribution in [0, 0.1) is 0 Å². The van der Waals surface area contributed by atoms with Gasteiger partial charge in [-0.05, 0) is 69.3 Å². The van der Waals surface area contributed by atoms with E-state index in [2.05, 4.69) is 4.90 Å². The maximum atomic E-state index is 13.5. The summed E-state index contributed by atoms with van der Waals surface area (Å²) in [5.74, 6) is -0.665. The maximum absolute atomic E-state index is 13.5. The van der Waals surface area contributed by atoms with E-state index in [-0.39, 0.29) is 40.4 Å². The van der Waals surface area contributed by atoms with Crippen molar-refractivity contribution in [2.45, 2.75) is 26.3 Å². The number of ether oxygens (including phenoxy) is 1. The topological polar surface area (TPSA) is 100 Å². The van der Waals surface area contributed by atoms with Crippen LogP contribution in [-0.2, 0) is 11.3 Å². The summed E-state index contributed by atoms with van der Waals surface area (Å²) in [7, 11) is 0. The molecule has 1 saturated heterocycles. The SMILES string of the molecule is CCOC(=O)c1c(-c2ccc(O)cc2)oc2ccc(O)c(CN3CCCC3)c2c1=O. The monoisotopic (exact) mass is 409 g/mol. The number of esters is 1. The molecular weight excluding hydrogens is 386 g/mol. The molecule has 1 aliphatic rings. The maximum Gasteiger partial charge on any atom is 0.346 e. The fraction of sp³-hybridized carbons (Fsp3) is 0.304. The molecule has 0 spiro atoms. The van der Waals surface area contributed by atoms with E-state index in [9.17, 15) is 19.8 Å². The molecule has 7 heteroatoms. The highest BCUT2D eigenvalue weighted by Gasteiger charge is 2.26. The fourth-order valence-electron chi connectivity index (χ4n) is 3.87. The smallest absolute Gasteiger partial charge is 0.346 e. The second-order valence-corrected chi connectivity index (χ2v) is 7.32. The third-order valence-electron chi connectivity index (χ3n) is 5.33. The van der Waals surface area contributed by atoms with Crippen molar-refractivity contribution < 1.29 is 24.2 Å². The zero-order valence-electron chi connectivity index (χ0n) is 16.7. The minimum absolute atomic E-state index is 0.00566. The summed E-state index contributed by atoms with van der Waals surface area (Å²) in [6.45, 7) is 3.93. The van der Waals surface area contributed by atoms with Crippen molar-refractivity contribution >= 4 is 16.9 Å². The van der Waals surface area contributed by atoms with E-state index in [4.69, 9.17) is 9.15 Å². The molecule has 0 amide bonds. The molecule has 2 aromatic carbocycles. The highest BCUT2D eigenvalue weighted by atomic mass is 16.5. The second-order valence-electron chi connectivity index (χ2n) is 7.32. The Bertz CT molecular complexity index is 1140. The second kappa shape index (κ2) is 8.20. The summed E-state index contributed by atoms with van der Waals surface area (Å²) in [5.41, 5.74) is 0.435. The Morgan fingerprint density at radius 1 is 1.10 bits per heavy atom. The summed E-state index contributed by atoms with van der Waals surface area (Å²) >= 11 is 0. The first-order valence-electron chi connectivity index (χ1n) is 10.00. The van der Waals surface area contributed by atoms with E-state index in [0.717, 1.165) is 25.9 Å². The lowest BCUT2D eigenvalue weighted by molar-refractivity contribution is 0.0524. The molecular formula is C23H23NO6. The van der Waals surface area contributed by atoms with Gasteiger partial charge in [0.25, 0.3) is 0 Å². The average Bonchev–Trinajstić information content (AvgIpc) is 3.24. The van der Waals surface area contributed by atoms with Gasteiger partial charge in [-0.1, -0.05) is 0 Å². The zero-order valence-corrected chi connectivity index (χ0v) is 16.7. The van der Waals surface area contributed by atoms with Crippen molar-refractivity contribution in [2.24, 2.45) is 0 Å². The average molecular weight is 409 g/mol. The van der Waals surface area contributed by atoms with Crippen molar-refractivity contribution in [1.29, 1.82) is 0 Å². The van der Waals surface area contributed by atoms with Gasteiger partial charge in [0, 0.05) is 17.7 Å². The highest BCUT2D eigenvalue weighted by Crippen LogP contribution is 2.33. The van der Waals surface area contributed by atoms with Gasteiger partial charge >= 0.3 is 5.97 Å². The summed E-state index contributed by atoms with van der Waals surface area (Å²) in [5, 5.41) is 20.3. The van der Waals surface area contributed by atoms with Crippen LogP contribution in [0.15, 0.2) is 45.6 Å². The van der Waals surface area contributed by atoms with Gasteiger partial charge in [0.2, 0.25) is 5.43 Å². The first-order chi connectivity index (χ1) is 14.5. The summed E-state index contributed by atoms with van der Waals surface area (Å²) in [6, 6.07) is 9.05.